The average Bonchev–Trinajstić information content (AvgIpc) is 3.90. The Hall–Kier alpha value is -4.79. The number of ether oxygens (including phenoxy) is 3. The number of rotatable bonds is 12. The van der Waals surface area contributed by atoms with Crippen LogP contribution in [0.25, 0.3) is 16.7 Å². The van der Waals surface area contributed by atoms with E-state index >= 15 is 0 Å². The molecule has 0 aromatic heterocycles. The maximum Gasteiger partial charge on any atom is 0.410 e. The minimum absolute atomic E-state index is 0.0206. The van der Waals surface area contributed by atoms with Gasteiger partial charge in [0.1, 0.15) is 17.1 Å². The Balaban J connectivity index is 1.47. The minimum atomic E-state index is -0.869. The fraction of sp³-hybridized carbons (Fsp3) is 0.395. The van der Waals surface area contributed by atoms with Crippen molar-refractivity contribution in [2.45, 2.75) is 71.1 Å². The molecule has 3 aromatic rings. The zero-order valence-corrected chi connectivity index (χ0v) is 27.7. The van der Waals surface area contributed by atoms with Crippen molar-refractivity contribution in [1.29, 1.82) is 0 Å². The number of benzene rings is 3. The van der Waals surface area contributed by atoms with Gasteiger partial charge in [0.05, 0.1) is 20.3 Å². The van der Waals surface area contributed by atoms with E-state index in [9.17, 15) is 14.4 Å². The fourth-order valence-corrected chi connectivity index (χ4v) is 5.74. The van der Waals surface area contributed by atoms with Crippen LogP contribution in [-0.2, 0) is 20.9 Å². The molecule has 248 valence electrons. The summed E-state index contributed by atoms with van der Waals surface area (Å²) in [4.78, 5) is 42.3. The number of amides is 2. The molecule has 9 nitrogen and oxygen atoms in total. The molecule has 0 bridgehead atoms. The van der Waals surface area contributed by atoms with Crippen LogP contribution in [0.1, 0.15) is 64.0 Å². The van der Waals surface area contributed by atoms with E-state index in [1.165, 1.54) is 0 Å². The lowest BCUT2D eigenvalue weighted by molar-refractivity contribution is -0.137. The van der Waals surface area contributed by atoms with Gasteiger partial charge in [0, 0.05) is 37.2 Å². The molecule has 47 heavy (non-hydrogen) atoms. The first kappa shape index (κ1) is 33.6. The van der Waals surface area contributed by atoms with Gasteiger partial charge in [0.25, 0.3) is 5.91 Å². The van der Waals surface area contributed by atoms with Crippen molar-refractivity contribution in [3.63, 3.8) is 0 Å². The Morgan fingerprint density at radius 2 is 1.62 bits per heavy atom. The molecule has 0 atom stereocenters. The topological polar surface area (TPSA) is 106 Å². The zero-order valence-electron chi connectivity index (χ0n) is 27.7. The van der Waals surface area contributed by atoms with Crippen LogP contribution in [0.3, 0.4) is 0 Å². The predicted octanol–water partition coefficient (Wildman–Crippen LogP) is 7.19. The number of nitrogens with zero attached hydrogens (tertiary/aromatic N) is 2. The molecule has 1 aliphatic carbocycles. The average molecular weight is 641 g/mol. The molecule has 2 amide bonds. The van der Waals surface area contributed by atoms with Crippen LogP contribution in [-0.4, -0.2) is 71.3 Å². The van der Waals surface area contributed by atoms with Gasteiger partial charge in [0.2, 0.25) is 0 Å². The lowest BCUT2D eigenvalue weighted by atomic mass is 9.90. The van der Waals surface area contributed by atoms with Crippen molar-refractivity contribution in [2.75, 3.05) is 26.8 Å². The second-order valence-corrected chi connectivity index (χ2v) is 13.1. The molecule has 3 aromatic carbocycles. The number of carboxylic acid groups (broad SMARTS) is 1. The molecule has 1 fully saturated rings. The largest absolute Gasteiger partial charge is 0.497 e. The Labute approximate surface area is 276 Å². The highest BCUT2D eigenvalue weighted by Gasteiger charge is 2.38. The van der Waals surface area contributed by atoms with Crippen molar-refractivity contribution in [3.05, 3.63) is 89.5 Å². The lowest BCUT2D eigenvalue weighted by Gasteiger charge is -2.34. The highest BCUT2D eigenvalue weighted by Crippen LogP contribution is 2.36. The normalized spacial score (nSPS) is 14.9. The molecule has 0 radical (unpaired) electrons. The third kappa shape index (κ3) is 9.15. The van der Waals surface area contributed by atoms with Gasteiger partial charge in [-0.1, -0.05) is 48.5 Å². The van der Waals surface area contributed by atoms with Gasteiger partial charge in [-0.15, -0.1) is 0 Å². The maximum atomic E-state index is 14.7. The summed E-state index contributed by atoms with van der Waals surface area (Å²) >= 11 is 0. The summed E-state index contributed by atoms with van der Waals surface area (Å²) in [5.74, 6) is 0.171. The second-order valence-electron chi connectivity index (χ2n) is 13.1. The highest BCUT2D eigenvalue weighted by molar-refractivity contribution is 6.03. The van der Waals surface area contributed by atoms with E-state index in [-0.39, 0.29) is 31.5 Å². The van der Waals surface area contributed by atoms with Crippen molar-refractivity contribution < 1.29 is 33.7 Å². The molecule has 1 N–H and O–H groups in total. The summed E-state index contributed by atoms with van der Waals surface area (Å²) < 4.78 is 17.1. The fourth-order valence-electron chi connectivity index (χ4n) is 5.74. The molecule has 1 saturated carbocycles. The third-order valence-electron chi connectivity index (χ3n) is 8.15. The molecule has 0 unspecified atom stereocenters. The first-order valence-corrected chi connectivity index (χ1v) is 16.2. The van der Waals surface area contributed by atoms with E-state index in [0.29, 0.717) is 43.0 Å². The van der Waals surface area contributed by atoms with Gasteiger partial charge in [0.15, 0.2) is 0 Å². The first-order valence-electron chi connectivity index (χ1n) is 16.2. The van der Waals surface area contributed by atoms with Crippen molar-refractivity contribution in [2.24, 2.45) is 0 Å². The molecule has 2 aliphatic rings. The Morgan fingerprint density at radius 1 is 0.915 bits per heavy atom. The van der Waals surface area contributed by atoms with Crippen LogP contribution in [0.5, 0.6) is 11.5 Å². The summed E-state index contributed by atoms with van der Waals surface area (Å²) in [7, 11) is 1.57. The quantitative estimate of drug-likeness (QED) is 0.209. The van der Waals surface area contributed by atoms with Crippen LogP contribution in [0, 0.1) is 0 Å². The van der Waals surface area contributed by atoms with E-state index in [1.54, 1.807) is 18.1 Å². The van der Waals surface area contributed by atoms with Gasteiger partial charge in [-0.2, -0.15) is 0 Å². The number of carbonyl (C=O) groups excluding carboxylic acids is 2. The van der Waals surface area contributed by atoms with Gasteiger partial charge in [-0.05, 0) is 92.5 Å². The first-order chi connectivity index (χ1) is 22.5. The Kier molecular flexibility index (Phi) is 10.5. The van der Waals surface area contributed by atoms with Gasteiger partial charge >= 0.3 is 12.1 Å². The molecule has 0 spiro atoms. The summed E-state index contributed by atoms with van der Waals surface area (Å²) in [6, 6.07) is 24.0. The molecular weight excluding hydrogens is 596 g/mol. The molecular formula is C38H44N2O7. The molecule has 1 heterocycles. The van der Waals surface area contributed by atoms with E-state index in [1.807, 2.05) is 68.1 Å². The zero-order chi connectivity index (χ0) is 33.6. The molecule has 1 aliphatic heterocycles. The SMILES string of the molecule is COc1cc(CN(C(=O)C2=C(c3cccc(-c4ccccc4)c3)CCN(C(=O)OC(C)(C)C)C2)C2CC2)cc(OCCCC(=O)O)c1. The number of carbonyl (C=O) groups is 3. The monoisotopic (exact) mass is 640 g/mol. The Bertz CT molecular complexity index is 1620. The predicted molar refractivity (Wildman–Crippen MR) is 180 cm³/mol. The standard InChI is InChI=1S/C38H44N2O7/c1-38(2,3)47-37(44)39-18-17-33(29-13-8-12-28(22-29)27-10-6-5-7-11-27)34(25-39)36(43)40(30-15-16-30)24-26-20-31(45-4)23-32(21-26)46-19-9-14-35(41)42/h5-8,10-13,20-23,30H,9,14-19,24-25H2,1-4H3,(H,41,42). The summed E-state index contributed by atoms with van der Waals surface area (Å²) in [5.41, 5.74) is 4.82. The van der Waals surface area contributed by atoms with Gasteiger partial charge in [-0.25, -0.2) is 4.79 Å². The molecule has 9 heteroatoms. The third-order valence-corrected chi connectivity index (χ3v) is 8.15. The van der Waals surface area contributed by atoms with Crippen LogP contribution in [0.2, 0.25) is 0 Å². The van der Waals surface area contributed by atoms with Crippen LogP contribution < -0.4 is 9.47 Å². The number of aliphatic carboxylic acids is 1. The van der Waals surface area contributed by atoms with Crippen molar-refractivity contribution in [1.82, 2.24) is 9.80 Å². The molecule has 5 rings (SSSR count). The van der Waals surface area contributed by atoms with Crippen molar-refractivity contribution >= 4 is 23.5 Å². The number of hydrogen-bond donors (Lipinski definition) is 1. The maximum absolute atomic E-state index is 14.7. The van der Waals surface area contributed by atoms with Gasteiger partial charge in [-0.3, -0.25) is 9.59 Å². The minimum Gasteiger partial charge on any atom is -0.497 e. The summed E-state index contributed by atoms with van der Waals surface area (Å²) in [5, 5.41) is 8.96. The van der Waals surface area contributed by atoms with Crippen LogP contribution >= 0.6 is 0 Å². The van der Waals surface area contributed by atoms with Crippen LogP contribution in [0.4, 0.5) is 4.79 Å². The van der Waals surface area contributed by atoms with E-state index in [2.05, 4.69) is 24.3 Å². The highest BCUT2D eigenvalue weighted by atomic mass is 16.6. The van der Waals surface area contributed by atoms with Gasteiger partial charge < -0.3 is 29.1 Å². The lowest BCUT2D eigenvalue weighted by Crippen LogP contribution is -2.44. The van der Waals surface area contributed by atoms with E-state index in [0.717, 1.165) is 40.7 Å². The summed E-state index contributed by atoms with van der Waals surface area (Å²) in [6.45, 7) is 6.69. The van der Waals surface area contributed by atoms with E-state index in [4.69, 9.17) is 19.3 Å². The number of methoxy groups -OCH3 is 1. The Morgan fingerprint density at radius 3 is 2.30 bits per heavy atom. The smallest absolute Gasteiger partial charge is 0.410 e. The molecule has 0 saturated heterocycles. The van der Waals surface area contributed by atoms with Crippen molar-refractivity contribution in [3.8, 4) is 22.6 Å². The summed E-state index contributed by atoms with van der Waals surface area (Å²) in [6.07, 6.45) is 2.28. The van der Waals surface area contributed by atoms with E-state index < -0.39 is 17.7 Å². The number of carboxylic acids is 1. The number of hydrogen-bond acceptors (Lipinski definition) is 6. The van der Waals surface area contributed by atoms with Crippen LogP contribution in [0.15, 0.2) is 78.4 Å². The second kappa shape index (κ2) is 14.8.